The highest BCUT2D eigenvalue weighted by Crippen LogP contribution is 2.61. The third-order valence-corrected chi connectivity index (χ3v) is 7.27. The Bertz CT molecular complexity index is 536. The minimum absolute atomic E-state index is 0.278. The van der Waals surface area contributed by atoms with Gasteiger partial charge in [-0.15, -0.1) is 0 Å². The van der Waals surface area contributed by atoms with Gasteiger partial charge in [-0.2, -0.15) is 0 Å². The van der Waals surface area contributed by atoms with Crippen LogP contribution in [0.25, 0.3) is 0 Å². The van der Waals surface area contributed by atoms with Crippen LogP contribution in [0, 0.1) is 23.7 Å². The number of benzene rings is 1. The minimum atomic E-state index is 0.278. The molecule has 0 spiro atoms. The van der Waals surface area contributed by atoms with Crippen molar-refractivity contribution in [2.45, 2.75) is 44.1 Å². The number of nitrogens with two attached hydrogens (primary N) is 1. The summed E-state index contributed by atoms with van der Waals surface area (Å²) in [4.78, 5) is 2.76. The molecule has 4 saturated carbocycles. The number of rotatable bonds is 2. The van der Waals surface area contributed by atoms with Crippen molar-refractivity contribution >= 4 is 5.69 Å². The number of nitrogens with zero attached hydrogens (tertiary/aromatic N) is 1. The number of para-hydroxylation sites is 1. The first-order valence-corrected chi connectivity index (χ1v) is 8.87. The van der Waals surface area contributed by atoms with E-state index >= 15 is 0 Å². The molecule has 0 radical (unpaired) electrons. The maximum Gasteiger partial charge on any atom is 0.0580 e. The smallest absolute Gasteiger partial charge is 0.0580 e. The van der Waals surface area contributed by atoms with E-state index in [9.17, 15) is 0 Å². The van der Waals surface area contributed by atoms with Crippen LogP contribution in [0.3, 0.4) is 0 Å². The summed E-state index contributed by atoms with van der Waals surface area (Å²) >= 11 is 0. The lowest BCUT2D eigenvalue weighted by atomic mass is 9.48. The van der Waals surface area contributed by atoms with Crippen molar-refractivity contribution in [3.05, 3.63) is 29.8 Å². The van der Waals surface area contributed by atoms with Crippen molar-refractivity contribution in [2.75, 3.05) is 18.0 Å². The maximum atomic E-state index is 6.48. The Hall–Kier alpha value is -1.02. The van der Waals surface area contributed by atoms with Gasteiger partial charge in [0.15, 0.2) is 0 Å². The molecule has 2 N–H and O–H groups in total. The molecule has 2 heteroatoms. The van der Waals surface area contributed by atoms with Crippen LogP contribution in [0.1, 0.15) is 37.7 Å². The predicted molar refractivity (Wildman–Crippen MR) is 86.3 cm³/mol. The van der Waals surface area contributed by atoms with Gasteiger partial charge in [0.2, 0.25) is 0 Å². The van der Waals surface area contributed by atoms with E-state index in [1.807, 2.05) is 0 Å². The highest BCUT2D eigenvalue weighted by molar-refractivity contribution is 5.61. The second-order valence-electron chi connectivity index (χ2n) is 8.03. The van der Waals surface area contributed by atoms with Gasteiger partial charge in [-0.3, -0.25) is 0 Å². The molecule has 21 heavy (non-hydrogen) atoms. The SMILES string of the molecule is NCC1(N2CCc3ccccc32)C2CC3CC(C2)CC1C3. The molecule has 2 nitrogen and oxygen atoms in total. The van der Waals surface area contributed by atoms with Gasteiger partial charge in [0.25, 0.3) is 0 Å². The molecule has 0 amide bonds. The summed E-state index contributed by atoms with van der Waals surface area (Å²) in [7, 11) is 0. The van der Waals surface area contributed by atoms with Gasteiger partial charge < -0.3 is 10.6 Å². The van der Waals surface area contributed by atoms with E-state index in [-0.39, 0.29) is 5.54 Å². The summed E-state index contributed by atoms with van der Waals surface area (Å²) in [5, 5.41) is 0. The third-order valence-electron chi connectivity index (χ3n) is 7.27. The van der Waals surface area contributed by atoms with Crippen LogP contribution >= 0.6 is 0 Å². The molecule has 0 saturated heterocycles. The molecule has 0 aromatic heterocycles. The molecule has 1 heterocycles. The van der Waals surface area contributed by atoms with Crippen LogP contribution < -0.4 is 10.6 Å². The van der Waals surface area contributed by atoms with Crippen molar-refractivity contribution in [1.82, 2.24) is 0 Å². The molecule has 0 unspecified atom stereocenters. The molecule has 1 aliphatic heterocycles. The molecule has 4 fully saturated rings. The maximum absolute atomic E-state index is 6.48. The Morgan fingerprint density at radius 1 is 1.00 bits per heavy atom. The fourth-order valence-electron chi connectivity index (χ4n) is 6.66. The standard InChI is InChI=1S/C19H26N2/c20-12-19(21-6-5-15-3-1-2-4-18(15)21)16-8-13-7-14(10-16)11-17(19)9-13/h1-4,13-14,16-17H,5-12,20H2. The van der Waals surface area contributed by atoms with Crippen LogP contribution in [-0.4, -0.2) is 18.6 Å². The van der Waals surface area contributed by atoms with Gasteiger partial charge in [-0.1, -0.05) is 18.2 Å². The van der Waals surface area contributed by atoms with Crippen LogP contribution in [0.15, 0.2) is 24.3 Å². The lowest BCUT2D eigenvalue weighted by Gasteiger charge is -2.64. The van der Waals surface area contributed by atoms with E-state index in [0.717, 1.165) is 30.2 Å². The molecular weight excluding hydrogens is 256 g/mol. The first-order valence-electron chi connectivity index (χ1n) is 8.87. The molecule has 4 aliphatic carbocycles. The number of hydrogen-bond donors (Lipinski definition) is 1. The first kappa shape index (κ1) is 12.5. The topological polar surface area (TPSA) is 29.3 Å². The van der Waals surface area contributed by atoms with Gasteiger partial charge >= 0.3 is 0 Å². The summed E-state index contributed by atoms with van der Waals surface area (Å²) in [6.45, 7) is 2.05. The van der Waals surface area contributed by atoms with Crippen molar-refractivity contribution in [3.8, 4) is 0 Å². The molecule has 0 atom stereocenters. The van der Waals surface area contributed by atoms with E-state index in [1.54, 1.807) is 5.56 Å². The summed E-state index contributed by atoms with van der Waals surface area (Å²) in [5.74, 6) is 3.74. The van der Waals surface area contributed by atoms with Crippen molar-refractivity contribution in [1.29, 1.82) is 0 Å². The number of hydrogen-bond acceptors (Lipinski definition) is 2. The minimum Gasteiger partial charge on any atom is -0.363 e. The second kappa shape index (κ2) is 4.25. The van der Waals surface area contributed by atoms with Crippen molar-refractivity contribution < 1.29 is 0 Å². The zero-order chi connectivity index (χ0) is 14.0. The lowest BCUT2D eigenvalue weighted by Crippen LogP contribution is -2.69. The van der Waals surface area contributed by atoms with E-state index in [1.165, 1.54) is 50.8 Å². The highest BCUT2D eigenvalue weighted by Gasteiger charge is 2.59. The monoisotopic (exact) mass is 282 g/mol. The van der Waals surface area contributed by atoms with Gasteiger partial charge in [0.05, 0.1) is 5.54 Å². The van der Waals surface area contributed by atoms with Gasteiger partial charge in [-0.05, 0) is 73.8 Å². The summed E-state index contributed by atoms with van der Waals surface area (Å²) < 4.78 is 0. The zero-order valence-corrected chi connectivity index (χ0v) is 12.8. The summed E-state index contributed by atoms with van der Waals surface area (Å²) in [6.07, 6.45) is 8.52. The molecule has 6 rings (SSSR count). The van der Waals surface area contributed by atoms with E-state index in [2.05, 4.69) is 29.2 Å². The molecule has 4 bridgehead atoms. The Morgan fingerprint density at radius 3 is 2.33 bits per heavy atom. The fraction of sp³-hybridized carbons (Fsp3) is 0.684. The van der Waals surface area contributed by atoms with Crippen LogP contribution in [-0.2, 0) is 6.42 Å². The van der Waals surface area contributed by atoms with Crippen LogP contribution in [0.5, 0.6) is 0 Å². The summed E-state index contributed by atoms with van der Waals surface area (Å²) in [5.41, 5.74) is 9.80. The Labute approximate surface area is 127 Å². The molecule has 112 valence electrons. The van der Waals surface area contributed by atoms with Gasteiger partial charge in [0, 0.05) is 18.8 Å². The van der Waals surface area contributed by atoms with Crippen LogP contribution in [0.4, 0.5) is 5.69 Å². The van der Waals surface area contributed by atoms with Crippen molar-refractivity contribution in [3.63, 3.8) is 0 Å². The molecule has 1 aromatic carbocycles. The highest BCUT2D eigenvalue weighted by atomic mass is 15.2. The van der Waals surface area contributed by atoms with E-state index in [0.29, 0.717) is 0 Å². The normalized spacial score (nSPS) is 43.4. The van der Waals surface area contributed by atoms with Crippen LogP contribution in [0.2, 0.25) is 0 Å². The van der Waals surface area contributed by atoms with Crippen molar-refractivity contribution in [2.24, 2.45) is 29.4 Å². The second-order valence-corrected chi connectivity index (χ2v) is 8.03. The van der Waals surface area contributed by atoms with Gasteiger partial charge in [-0.25, -0.2) is 0 Å². The molecule has 1 aromatic rings. The third kappa shape index (κ3) is 1.52. The lowest BCUT2D eigenvalue weighted by molar-refractivity contribution is -0.0538. The average Bonchev–Trinajstić information content (AvgIpc) is 2.92. The van der Waals surface area contributed by atoms with E-state index in [4.69, 9.17) is 5.73 Å². The number of anilines is 1. The summed E-state index contributed by atoms with van der Waals surface area (Å²) in [6, 6.07) is 9.05. The predicted octanol–water partition coefficient (Wildman–Crippen LogP) is 3.20. The first-order chi connectivity index (χ1) is 10.3. The number of fused-ring (bicyclic) bond motifs is 1. The zero-order valence-electron chi connectivity index (χ0n) is 12.8. The molecular formula is C19H26N2. The Morgan fingerprint density at radius 2 is 1.67 bits per heavy atom. The Kier molecular flexibility index (Phi) is 2.54. The quantitative estimate of drug-likeness (QED) is 0.902. The largest absolute Gasteiger partial charge is 0.363 e. The Balaban J connectivity index is 1.60. The molecule has 5 aliphatic rings. The fourth-order valence-corrected chi connectivity index (χ4v) is 6.66. The average molecular weight is 282 g/mol. The van der Waals surface area contributed by atoms with Gasteiger partial charge in [0.1, 0.15) is 0 Å². The van der Waals surface area contributed by atoms with E-state index < -0.39 is 0 Å².